The van der Waals surface area contributed by atoms with E-state index in [1.807, 2.05) is 13.8 Å². The van der Waals surface area contributed by atoms with Crippen LogP contribution in [-0.2, 0) is 190 Å². The minimum absolute atomic E-state index is 0.0786. The summed E-state index contributed by atoms with van der Waals surface area (Å²) in [5, 5.41) is 0. The van der Waals surface area contributed by atoms with Gasteiger partial charge in [-0.05, 0) is 39.5 Å². The summed E-state index contributed by atoms with van der Waals surface area (Å²) < 4.78 is 217. The van der Waals surface area contributed by atoms with Gasteiger partial charge < -0.3 is 185 Å². The van der Waals surface area contributed by atoms with Gasteiger partial charge in [0.25, 0.3) is 0 Å². The Hall–Kier alpha value is -1.84. The molecule has 0 unspecified atom stereocenters. The highest BCUT2D eigenvalue weighted by molar-refractivity contribution is 6.17. The number of rotatable bonds is 116. The Balaban J connectivity index is 1.59. The van der Waals surface area contributed by atoms with E-state index >= 15 is 0 Å². The van der Waals surface area contributed by atoms with Crippen LogP contribution in [0.3, 0.4) is 0 Å². The summed E-state index contributed by atoms with van der Waals surface area (Å²) >= 11 is 6.39. The van der Waals surface area contributed by atoms with E-state index < -0.39 is 11.2 Å². The summed E-state index contributed by atoms with van der Waals surface area (Å²) in [5.74, 6) is -0.0786. The van der Waals surface area contributed by atoms with E-state index in [9.17, 15) is 4.79 Å². The molecule has 1 saturated heterocycles. The van der Waals surface area contributed by atoms with E-state index in [0.29, 0.717) is 502 Å². The molecule has 1 aliphatic rings. The maximum absolute atomic E-state index is 12.7. The molecule has 766 valence electrons. The summed E-state index contributed by atoms with van der Waals surface area (Å²) in [7, 11) is 1.64. The summed E-state index contributed by atoms with van der Waals surface area (Å²) in [4.78, 5) is 14.3. The van der Waals surface area contributed by atoms with Crippen molar-refractivity contribution in [3.63, 3.8) is 0 Å². The van der Waals surface area contributed by atoms with E-state index in [4.69, 9.17) is 197 Å². The highest BCUT2D eigenvalue weighted by atomic mass is 35.5. The molecule has 0 atom stereocenters. The predicted molar refractivity (Wildman–Crippen MR) is 466 cm³/mol. The van der Waals surface area contributed by atoms with Gasteiger partial charge in [-0.2, -0.15) is 4.42 Å². The van der Waals surface area contributed by atoms with Gasteiger partial charge in [-0.25, -0.2) is 0 Å². The molecular formula is C85H169ClN2O40. The standard InChI is InChI=1S/C85H169ClN2O40/c1-84(2)83(89)87(85(3,4)88(84)86)82-128-81-80-127-79-78-126-77-76-125-75-74-124-73-72-123-71-70-122-69-68-121-67-66-120-65-64-119-63-62-118-61-60-117-59-58-116-57-56-115-55-54-114-53-52-113-51-50-112-49-48-111-47-46-110-45-44-109-43-42-108-41-40-107-39-38-106-37-36-105-35-34-104-33-32-103-31-30-102-29-28-101-27-26-100-25-24-99-23-22-98-21-20-97-19-18-96-17-16-95-15-14-94-13-12-93-11-10-92-9-8-91-7-6-90-5/h6-82H2,1-5H3. The number of halogens is 1. The number of hydrogen-bond donors (Lipinski definition) is 0. The Labute approximate surface area is 768 Å². The van der Waals surface area contributed by atoms with Crippen LogP contribution < -0.4 is 0 Å². The minimum atomic E-state index is -0.795. The Bertz CT molecular complexity index is 2050. The van der Waals surface area contributed by atoms with Gasteiger partial charge in [0.2, 0.25) is 5.91 Å². The first-order valence-corrected chi connectivity index (χ1v) is 45.8. The number of carbonyl (C=O) groups is 1. The minimum Gasteiger partial charge on any atom is -0.382 e. The zero-order valence-electron chi connectivity index (χ0n) is 78.5. The third kappa shape index (κ3) is 91.9. The van der Waals surface area contributed by atoms with Gasteiger partial charge >= 0.3 is 0 Å². The summed E-state index contributed by atoms with van der Waals surface area (Å²) in [6.07, 6.45) is 0. The van der Waals surface area contributed by atoms with Crippen molar-refractivity contribution in [1.82, 2.24) is 9.32 Å². The lowest BCUT2D eigenvalue weighted by molar-refractivity contribution is -0.140. The highest BCUT2D eigenvalue weighted by Gasteiger charge is 2.56. The van der Waals surface area contributed by atoms with E-state index in [1.165, 1.54) is 4.42 Å². The van der Waals surface area contributed by atoms with Crippen molar-refractivity contribution in [3.05, 3.63) is 0 Å². The van der Waals surface area contributed by atoms with Gasteiger partial charge in [-0.15, -0.1) is 0 Å². The quantitative estimate of drug-likeness (QED) is 0.0621. The van der Waals surface area contributed by atoms with Gasteiger partial charge in [-0.1, -0.05) is 0 Å². The van der Waals surface area contributed by atoms with Crippen LogP contribution in [0.4, 0.5) is 0 Å². The van der Waals surface area contributed by atoms with Gasteiger partial charge in [-0.3, -0.25) is 9.69 Å². The molecule has 0 aromatic carbocycles. The van der Waals surface area contributed by atoms with Crippen LogP contribution in [0.15, 0.2) is 0 Å². The SMILES string of the molecule is COCCOCCOCCOCCOCCOCCOCCOCCOCCOCCOCCOCCOCCOCCOCCOCCOCCOCCOCCOCCOCCOCCOCCOCCOCCOCCOCCOCCOCCOCCOCCOCCOCCOCCOCCOCCOCCOCCOCN1C(=O)C(C)(C)N(Cl)C1(C)C. The molecule has 0 N–H and O–H groups in total. The summed E-state index contributed by atoms with van der Waals surface area (Å²) in [6.45, 7) is 43.9. The number of hydrogen-bond acceptors (Lipinski definition) is 41. The second-order valence-electron chi connectivity index (χ2n) is 27.8. The van der Waals surface area contributed by atoms with Crippen molar-refractivity contribution < 1.29 is 190 Å². The molecule has 0 bridgehead atoms. The van der Waals surface area contributed by atoms with Gasteiger partial charge in [0.1, 0.15) is 17.9 Å². The fourth-order valence-electron chi connectivity index (χ4n) is 10.1. The molecule has 0 radical (unpaired) electrons. The number of ether oxygens (including phenoxy) is 39. The van der Waals surface area contributed by atoms with Gasteiger partial charge in [0, 0.05) is 7.11 Å². The molecule has 1 heterocycles. The van der Waals surface area contributed by atoms with Gasteiger partial charge in [0.05, 0.1) is 502 Å². The lowest BCUT2D eigenvalue weighted by Crippen LogP contribution is -2.47. The molecule has 1 amide bonds. The van der Waals surface area contributed by atoms with E-state index in [-0.39, 0.29) is 12.6 Å². The number of carbonyl (C=O) groups excluding carboxylic acids is 1. The molecule has 0 aliphatic carbocycles. The monoisotopic (exact) mass is 1890 g/mol. The predicted octanol–water partition coefficient (Wildman–Crippen LogP) is 2.03. The molecular weight excluding hydrogens is 1720 g/mol. The smallest absolute Gasteiger partial charge is 0.247 e. The van der Waals surface area contributed by atoms with Crippen LogP contribution in [0, 0.1) is 0 Å². The molecule has 43 heteroatoms. The van der Waals surface area contributed by atoms with E-state index in [0.717, 1.165) is 0 Å². The number of amides is 1. The largest absolute Gasteiger partial charge is 0.382 e. The maximum atomic E-state index is 12.7. The normalized spacial score (nSPS) is 13.5. The first-order valence-electron chi connectivity index (χ1n) is 45.5. The van der Waals surface area contributed by atoms with Crippen molar-refractivity contribution in [2.24, 2.45) is 0 Å². The first kappa shape index (κ1) is 124. The van der Waals surface area contributed by atoms with Crippen LogP contribution >= 0.6 is 11.8 Å². The van der Waals surface area contributed by atoms with Crippen LogP contribution in [0.5, 0.6) is 0 Å². The fraction of sp³-hybridized carbons (Fsp3) is 0.988. The molecule has 0 aromatic heterocycles. The van der Waals surface area contributed by atoms with Crippen LogP contribution in [0.2, 0.25) is 0 Å². The second kappa shape index (κ2) is 106. The molecule has 0 spiro atoms. The summed E-state index contributed by atoms with van der Waals surface area (Å²) in [6, 6.07) is 0. The molecule has 1 rings (SSSR count). The Morgan fingerprint density at radius 2 is 0.250 bits per heavy atom. The van der Waals surface area contributed by atoms with Gasteiger partial charge in [0.15, 0.2) is 0 Å². The Morgan fingerprint density at radius 3 is 0.328 bits per heavy atom. The van der Waals surface area contributed by atoms with E-state index in [2.05, 4.69) is 0 Å². The average Bonchev–Trinajstić information content (AvgIpc) is 1.59. The number of methoxy groups -OCH3 is 1. The topological polar surface area (TPSA) is 384 Å². The third-order valence-electron chi connectivity index (χ3n) is 16.8. The van der Waals surface area contributed by atoms with Crippen LogP contribution in [0.25, 0.3) is 0 Å². The van der Waals surface area contributed by atoms with Crippen molar-refractivity contribution >= 4 is 17.7 Å². The van der Waals surface area contributed by atoms with Crippen LogP contribution in [0.1, 0.15) is 27.7 Å². The van der Waals surface area contributed by atoms with Crippen molar-refractivity contribution in [3.8, 4) is 0 Å². The lowest BCUT2D eigenvalue weighted by Gasteiger charge is -2.35. The highest BCUT2D eigenvalue weighted by Crippen LogP contribution is 2.39. The molecule has 1 fully saturated rings. The number of nitrogens with zero attached hydrogens (tertiary/aromatic N) is 2. The zero-order valence-corrected chi connectivity index (χ0v) is 79.3. The molecule has 42 nitrogen and oxygen atoms in total. The van der Waals surface area contributed by atoms with Crippen LogP contribution in [-0.4, -0.2) is 542 Å². The third-order valence-corrected chi connectivity index (χ3v) is 17.7. The summed E-state index contributed by atoms with van der Waals surface area (Å²) in [5.41, 5.74) is -1.45. The average molecular weight is 1890 g/mol. The lowest BCUT2D eigenvalue weighted by atomic mass is 10.1. The Kier molecular flexibility index (Phi) is 102. The van der Waals surface area contributed by atoms with E-state index in [1.54, 1.807) is 25.9 Å². The Morgan fingerprint density at radius 1 is 0.164 bits per heavy atom. The molecule has 1 aliphatic heterocycles. The maximum Gasteiger partial charge on any atom is 0.247 e. The van der Waals surface area contributed by atoms with Crippen molar-refractivity contribution in [2.45, 2.75) is 38.9 Å². The zero-order chi connectivity index (χ0) is 91.8. The second-order valence-corrected chi connectivity index (χ2v) is 28.1. The first-order chi connectivity index (χ1) is 63.3. The van der Waals surface area contributed by atoms with Crippen molar-refractivity contribution in [1.29, 1.82) is 0 Å². The molecule has 0 aromatic rings. The fourth-order valence-corrected chi connectivity index (χ4v) is 10.3. The molecule has 128 heavy (non-hydrogen) atoms. The molecule has 0 saturated carbocycles. The van der Waals surface area contributed by atoms with Crippen molar-refractivity contribution in [2.75, 3.05) is 516 Å².